The zero-order valence-electron chi connectivity index (χ0n) is 16.5. The molecule has 0 bridgehead atoms. The number of rotatable bonds is 5. The number of aromatic nitrogens is 2. The molecule has 5 rings (SSSR count). The standard InChI is InChI=1S/C24H21N3O2S/c1-27-15-18(21-11-6-14-30-21)26-22(27)12-13-25-24(28)23-16-7-2-4-9-19(16)29-20-10-5-3-8-17(20)23/h2-11,14-15,23H,12-13H2,1H3,(H,25,28). The molecule has 1 aliphatic rings. The third-order valence-electron chi connectivity index (χ3n) is 5.34. The number of para-hydroxylation sites is 2. The Kier molecular flexibility index (Phi) is 4.85. The van der Waals surface area contributed by atoms with Gasteiger partial charge in [-0.2, -0.15) is 0 Å². The minimum atomic E-state index is -0.380. The van der Waals surface area contributed by atoms with E-state index in [1.165, 1.54) is 0 Å². The summed E-state index contributed by atoms with van der Waals surface area (Å²) in [4.78, 5) is 19.1. The number of hydrogen-bond donors (Lipinski definition) is 1. The number of ether oxygens (including phenoxy) is 1. The Morgan fingerprint density at radius 1 is 1.07 bits per heavy atom. The van der Waals surface area contributed by atoms with Crippen LogP contribution in [0.2, 0.25) is 0 Å². The van der Waals surface area contributed by atoms with Crippen LogP contribution < -0.4 is 10.1 Å². The van der Waals surface area contributed by atoms with Gasteiger partial charge in [-0.3, -0.25) is 4.79 Å². The quantitative estimate of drug-likeness (QED) is 0.512. The number of fused-ring (bicyclic) bond motifs is 2. The van der Waals surface area contributed by atoms with Crippen LogP contribution in [0.4, 0.5) is 0 Å². The molecular formula is C24H21N3O2S. The summed E-state index contributed by atoms with van der Waals surface area (Å²) in [5.41, 5.74) is 2.76. The zero-order valence-corrected chi connectivity index (χ0v) is 17.4. The second-order valence-corrected chi connectivity index (χ2v) is 8.23. The van der Waals surface area contributed by atoms with Gasteiger partial charge in [0.05, 0.1) is 16.5 Å². The Morgan fingerprint density at radius 3 is 2.43 bits per heavy atom. The minimum Gasteiger partial charge on any atom is -0.457 e. The molecule has 0 atom stereocenters. The van der Waals surface area contributed by atoms with Crippen LogP contribution in [0, 0.1) is 0 Å². The summed E-state index contributed by atoms with van der Waals surface area (Å²) in [6, 6.07) is 19.6. The van der Waals surface area contributed by atoms with Crippen LogP contribution >= 0.6 is 11.3 Å². The second-order valence-electron chi connectivity index (χ2n) is 7.28. The predicted molar refractivity (Wildman–Crippen MR) is 118 cm³/mol. The van der Waals surface area contributed by atoms with E-state index in [1.54, 1.807) is 11.3 Å². The molecule has 1 amide bonds. The summed E-state index contributed by atoms with van der Waals surface area (Å²) in [6.45, 7) is 0.523. The lowest BCUT2D eigenvalue weighted by molar-refractivity contribution is -0.121. The first kappa shape index (κ1) is 18.6. The first-order valence-electron chi connectivity index (χ1n) is 9.90. The van der Waals surface area contributed by atoms with Crippen molar-refractivity contribution in [1.82, 2.24) is 14.9 Å². The fourth-order valence-corrected chi connectivity index (χ4v) is 4.55. The monoisotopic (exact) mass is 415 g/mol. The third kappa shape index (κ3) is 3.39. The summed E-state index contributed by atoms with van der Waals surface area (Å²) in [6.07, 6.45) is 2.70. The Labute approximate surface area is 179 Å². The Balaban J connectivity index is 1.32. The largest absolute Gasteiger partial charge is 0.457 e. The summed E-state index contributed by atoms with van der Waals surface area (Å²) >= 11 is 1.68. The molecule has 150 valence electrons. The van der Waals surface area contributed by atoms with Crippen LogP contribution in [0.1, 0.15) is 22.9 Å². The molecule has 4 aromatic rings. The fourth-order valence-electron chi connectivity index (χ4n) is 3.87. The molecular weight excluding hydrogens is 394 g/mol. The predicted octanol–water partition coefficient (Wildman–Crippen LogP) is 4.75. The average Bonchev–Trinajstić information content (AvgIpc) is 3.42. The summed E-state index contributed by atoms with van der Waals surface area (Å²) in [5, 5.41) is 5.16. The highest BCUT2D eigenvalue weighted by Gasteiger charge is 2.32. The molecule has 3 heterocycles. The number of carbonyl (C=O) groups excluding carboxylic acids is 1. The minimum absolute atomic E-state index is 0.0223. The normalized spacial score (nSPS) is 12.7. The molecule has 0 saturated carbocycles. The number of carbonyl (C=O) groups is 1. The first-order chi connectivity index (χ1) is 14.7. The highest BCUT2D eigenvalue weighted by Crippen LogP contribution is 2.43. The molecule has 1 aliphatic heterocycles. The number of imidazole rings is 1. The molecule has 6 heteroatoms. The van der Waals surface area contributed by atoms with Crippen molar-refractivity contribution in [3.8, 4) is 22.1 Å². The van der Waals surface area contributed by atoms with Crippen molar-refractivity contribution in [3.63, 3.8) is 0 Å². The number of nitrogens with one attached hydrogen (secondary N) is 1. The SMILES string of the molecule is Cn1cc(-c2cccs2)nc1CCNC(=O)C1c2ccccc2Oc2ccccc21. The third-order valence-corrected chi connectivity index (χ3v) is 6.23. The summed E-state index contributed by atoms with van der Waals surface area (Å²) < 4.78 is 8.02. The van der Waals surface area contributed by atoms with Crippen LogP contribution in [0.3, 0.4) is 0 Å². The molecule has 5 nitrogen and oxygen atoms in total. The highest BCUT2D eigenvalue weighted by atomic mass is 32.1. The number of amides is 1. The van der Waals surface area contributed by atoms with Crippen molar-refractivity contribution in [3.05, 3.63) is 89.2 Å². The molecule has 0 saturated heterocycles. The molecule has 0 spiro atoms. The van der Waals surface area contributed by atoms with Gasteiger partial charge in [-0.05, 0) is 23.6 Å². The summed E-state index contributed by atoms with van der Waals surface area (Å²) in [5.74, 6) is 2.02. The molecule has 0 radical (unpaired) electrons. The van der Waals surface area contributed by atoms with E-state index in [0.717, 1.165) is 39.0 Å². The number of hydrogen-bond acceptors (Lipinski definition) is 4. The smallest absolute Gasteiger partial charge is 0.232 e. The number of aryl methyl sites for hydroxylation is 1. The van der Waals surface area contributed by atoms with Crippen molar-refractivity contribution in [2.24, 2.45) is 7.05 Å². The van der Waals surface area contributed by atoms with Gasteiger partial charge in [0, 0.05) is 37.3 Å². The lowest BCUT2D eigenvalue weighted by Gasteiger charge is -2.27. The Bertz CT molecular complexity index is 1150. The van der Waals surface area contributed by atoms with Gasteiger partial charge < -0.3 is 14.6 Å². The van der Waals surface area contributed by atoms with Crippen LogP contribution in [0.25, 0.3) is 10.6 Å². The molecule has 0 fully saturated rings. The Hall–Kier alpha value is -3.38. The van der Waals surface area contributed by atoms with Crippen LogP contribution in [-0.4, -0.2) is 22.0 Å². The van der Waals surface area contributed by atoms with Gasteiger partial charge in [0.2, 0.25) is 5.91 Å². The fraction of sp³-hybridized carbons (Fsp3) is 0.167. The maximum absolute atomic E-state index is 13.2. The van der Waals surface area contributed by atoms with Crippen molar-refractivity contribution < 1.29 is 9.53 Å². The van der Waals surface area contributed by atoms with Gasteiger partial charge in [-0.1, -0.05) is 42.5 Å². The molecule has 30 heavy (non-hydrogen) atoms. The molecule has 2 aromatic heterocycles. The molecule has 1 N–H and O–H groups in total. The van der Waals surface area contributed by atoms with Gasteiger partial charge in [0.25, 0.3) is 0 Å². The van der Waals surface area contributed by atoms with Crippen LogP contribution in [0.15, 0.2) is 72.2 Å². The second kappa shape index (κ2) is 7.80. The first-order valence-corrected chi connectivity index (χ1v) is 10.8. The van der Waals surface area contributed by atoms with Gasteiger partial charge in [-0.25, -0.2) is 4.98 Å². The van der Waals surface area contributed by atoms with Crippen molar-refractivity contribution in [2.75, 3.05) is 6.54 Å². The van der Waals surface area contributed by atoms with E-state index >= 15 is 0 Å². The van der Waals surface area contributed by atoms with E-state index in [4.69, 9.17) is 9.72 Å². The summed E-state index contributed by atoms with van der Waals surface area (Å²) in [7, 11) is 1.99. The van der Waals surface area contributed by atoms with E-state index in [2.05, 4.69) is 11.4 Å². The van der Waals surface area contributed by atoms with Gasteiger partial charge in [0.15, 0.2) is 0 Å². The van der Waals surface area contributed by atoms with Crippen molar-refractivity contribution in [1.29, 1.82) is 0 Å². The maximum Gasteiger partial charge on any atom is 0.232 e. The Morgan fingerprint density at radius 2 is 1.77 bits per heavy atom. The molecule has 0 unspecified atom stereocenters. The van der Waals surface area contributed by atoms with Crippen LogP contribution in [0.5, 0.6) is 11.5 Å². The van der Waals surface area contributed by atoms with Gasteiger partial charge in [-0.15, -0.1) is 11.3 Å². The van der Waals surface area contributed by atoms with E-state index < -0.39 is 0 Å². The van der Waals surface area contributed by atoms with E-state index in [0.29, 0.717) is 13.0 Å². The number of benzene rings is 2. The van der Waals surface area contributed by atoms with E-state index in [-0.39, 0.29) is 11.8 Å². The van der Waals surface area contributed by atoms with E-state index in [1.807, 2.05) is 77.8 Å². The zero-order chi connectivity index (χ0) is 20.5. The van der Waals surface area contributed by atoms with Crippen molar-refractivity contribution in [2.45, 2.75) is 12.3 Å². The van der Waals surface area contributed by atoms with Crippen molar-refractivity contribution >= 4 is 17.2 Å². The lowest BCUT2D eigenvalue weighted by Crippen LogP contribution is -2.33. The van der Waals surface area contributed by atoms with E-state index in [9.17, 15) is 4.79 Å². The lowest BCUT2D eigenvalue weighted by atomic mass is 9.87. The topological polar surface area (TPSA) is 56.2 Å². The maximum atomic E-state index is 13.2. The average molecular weight is 416 g/mol. The number of thiophene rings is 1. The molecule has 0 aliphatic carbocycles. The van der Waals surface area contributed by atoms with Gasteiger partial charge in [0.1, 0.15) is 17.3 Å². The highest BCUT2D eigenvalue weighted by molar-refractivity contribution is 7.13. The molecule has 2 aromatic carbocycles. The number of nitrogens with zero attached hydrogens (tertiary/aromatic N) is 2. The van der Waals surface area contributed by atoms with Gasteiger partial charge >= 0.3 is 0 Å². The van der Waals surface area contributed by atoms with Crippen LogP contribution in [-0.2, 0) is 18.3 Å².